The molecule has 0 fully saturated rings. The van der Waals surface area contributed by atoms with E-state index in [1.807, 2.05) is 0 Å². The van der Waals surface area contributed by atoms with E-state index in [-0.39, 0.29) is 5.97 Å². The monoisotopic (exact) mass is 264 g/mol. The summed E-state index contributed by atoms with van der Waals surface area (Å²) in [6.07, 6.45) is 21.2. The van der Waals surface area contributed by atoms with Crippen LogP contribution in [-0.4, -0.2) is 13.1 Å². The van der Waals surface area contributed by atoms with Crippen molar-refractivity contribution in [3.63, 3.8) is 0 Å². The molecule has 0 unspecified atom stereocenters. The molecule has 2 nitrogen and oxygen atoms in total. The summed E-state index contributed by atoms with van der Waals surface area (Å²) in [5, 5.41) is 0. The Hall–Kier alpha value is -1.31. The number of hydrogen-bond acceptors (Lipinski definition) is 2. The summed E-state index contributed by atoms with van der Waals surface area (Å²) < 4.78 is 4.59. The van der Waals surface area contributed by atoms with Crippen molar-refractivity contribution in [2.24, 2.45) is 0 Å². The van der Waals surface area contributed by atoms with Crippen LogP contribution in [0.5, 0.6) is 0 Å². The van der Waals surface area contributed by atoms with Crippen molar-refractivity contribution < 1.29 is 9.53 Å². The van der Waals surface area contributed by atoms with Crippen LogP contribution in [0.1, 0.15) is 58.3 Å². The molecular formula is C17H28O2. The summed E-state index contributed by atoms with van der Waals surface area (Å²) in [7, 11) is 1.44. The summed E-state index contributed by atoms with van der Waals surface area (Å²) in [5.41, 5.74) is 0. The van der Waals surface area contributed by atoms with Crippen LogP contribution >= 0.6 is 0 Å². The molecule has 0 bridgehead atoms. The fourth-order valence-corrected chi connectivity index (χ4v) is 1.64. The van der Waals surface area contributed by atoms with Crippen molar-refractivity contribution in [3.8, 4) is 0 Å². The zero-order valence-corrected chi connectivity index (χ0v) is 12.4. The molecule has 0 aromatic rings. The first-order valence-electron chi connectivity index (χ1n) is 7.33. The van der Waals surface area contributed by atoms with E-state index in [1.54, 1.807) is 0 Å². The minimum Gasteiger partial charge on any atom is -0.469 e. The summed E-state index contributed by atoms with van der Waals surface area (Å²) in [5.74, 6) is -0.0993. The molecule has 0 aliphatic carbocycles. The number of carbonyl (C=O) groups is 1. The molecule has 0 aliphatic heterocycles. The van der Waals surface area contributed by atoms with Gasteiger partial charge >= 0.3 is 5.97 Å². The molecule has 0 N–H and O–H groups in total. The molecule has 0 aromatic heterocycles. The van der Waals surface area contributed by atoms with E-state index in [0.717, 1.165) is 44.9 Å². The van der Waals surface area contributed by atoms with Gasteiger partial charge in [-0.1, -0.05) is 49.8 Å². The number of hydrogen-bond donors (Lipinski definition) is 0. The Morgan fingerprint density at radius 2 is 1.53 bits per heavy atom. The second kappa shape index (κ2) is 14.7. The van der Waals surface area contributed by atoms with E-state index < -0.39 is 0 Å². The maximum absolute atomic E-state index is 10.9. The van der Waals surface area contributed by atoms with Crippen LogP contribution in [0.25, 0.3) is 0 Å². The molecule has 0 amide bonds. The highest BCUT2D eigenvalue weighted by molar-refractivity contribution is 5.68. The second-order valence-electron chi connectivity index (χ2n) is 4.47. The third-order valence-corrected chi connectivity index (χ3v) is 2.76. The number of methoxy groups -OCH3 is 1. The van der Waals surface area contributed by atoms with Gasteiger partial charge in [-0.05, 0) is 38.5 Å². The smallest absolute Gasteiger partial charge is 0.305 e. The molecule has 0 rings (SSSR count). The molecule has 0 heterocycles. The SMILES string of the molecule is CCC=CCC=CCC=CCCCCCC(=O)OC. The molecule has 19 heavy (non-hydrogen) atoms. The Labute approximate surface area is 118 Å². The number of ether oxygens (including phenoxy) is 1. The number of rotatable bonds is 11. The van der Waals surface area contributed by atoms with Crippen LogP contribution in [0.15, 0.2) is 36.5 Å². The van der Waals surface area contributed by atoms with Gasteiger partial charge in [-0.2, -0.15) is 0 Å². The quantitative estimate of drug-likeness (QED) is 0.299. The van der Waals surface area contributed by atoms with E-state index in [0.29, 0.717) is 6.42 Å². The van der Waals surface area contributed by atoms with Crippen LogP contribution in [-0.2, 0) is 9.53 Å². The van der Waals surface area contributed by atoms with Gasteiger partial charge in [0.1, 0.15) is 0 Å². The van der Waals surface area contributed by atoms with E-state index in [2.05, 4.69) is 48.1 Å². The largest absolute Gasteiger partial charge is 0.469 e. The average molecular weight is 264 g/mol. The Balaban J connectivity index is 3.30. The summed E-state index contributed by atoms with van der Waals surface area (Å²) in [4.78, 5) is 10.9. The second-order valence-corrected chi connectivity index (χ2v) is 4.47. The number of allylic oxidation sites excluding steroid dienone is 6. The minimum atomic E-state index is -0.0993. The first-order chi connectivity index (χ1) is 9.31. The van der Waals surface area contributed by atoms with Crippen molar-refractivity contribution in [1.82, 2.24) is 0 Å². The molecule has 108 valence electrons. The lowest BCUT2D eigenvalue weighted by Crippen LogP contribution is -1.98. The normalized spacial score (nSPS) is 11.9. The summed E-state index contributed by atoms with van der Waals surface area (Å²) in [6.45, 7) is 2.15. The third kappa shape index (κ3) is 14.6. The number of esters is 1. The Kier molecular flexibility index (Phi) is 13.7. The highest BCUT2D eigenvalue weighted by Crippen LogP contribution is 2.05. The lowest BCUT2D eigenvalue weighted by Gasteiger charge is -1.98. The van der Waals surface area contributed by atoms with Gasteiger partial charge in [-0.25, -0.2) is 0 Å². The van der Waals surface area contributed by atoms with E-state index in [1.165, 1.54) is 7.11 Å². The molecular weight excluding hydrogens is 236 g/mol. The third-order valence-electron chi connectivity index (χ3n) is 2.76. The van der Waals surface area contributed by atoms with E-state index in [9.17, 15) is 4.79 Å². The zero-order valence-electron chi connectivity index (χ0n) is 12.4. The van der Waals surface area contributed by atoms with Crippen molar-refractivity contribution in [3.05, 3.63) is 36.5 Å². The van der Waals surface area contributed by atoms with Gasteiger partial charge in [0.25, 0.3) is 0 Å². The van der Waals surface area contributed by atoms with Gasteiger partial charge in [0, 0.05) is 6.42 Å². The fraction of sp³-hybridized carbons (Fsp3) is 0.588. The molecule has 0 radical (unpaired) electrons. The minimum absolute atomic E-state index is 0.0993. The fourth-order valence-electron chi connectivity index (χ4n) is 1.64. The molecule has 2 heteroatoms. The Morgan fingerprint density at radius 1 is 0.895 bits per heavy atom. The molecule has 0 aliphatic rings. The Morgan fingerprint density at radius 3 is 2.16 bits per heavy atom. The number of unbranched alkanes of at least 4 members (excludes halogenated alkanes) is 3. The summed E-state index contributed by atoms with van der Waals surface area (Å²) in [6, 6.07) is 0. The molecule has 0 saturated heterocycles. The van der Waals surface area contributed by atoms with Gasteiger partial charge in [0.2, 0.25) is 0 Å². The van der Waals surface area contributed by atoms with Gasteiger partial charge < -0.3 is 4.74 Å². The molecule has 0 atom stereocenters. The predicted octanol–water partition coefficient (Wildman–Crippen LogP) is 4.97. The van der Waals surface area contributed by atoms with Crippen molar-refractivity contribution in [2.45, 2.75) is 58.3 Å². The molecule has 0 aromatic carbocycles. The highest BCUT2D eigenvalue weighted by Gasteiger charge is 1.97. The van der Waals surface area contributed by atoms with Crippen LogP contribution in [0.3, 0.4) is 0 Å². The Bertz CT molecular complexity index is 288. The first kappa shape index (κ1) is 17.7. The lowest BCUT2D eigenvalue weighted by molar-refractivity contribution is -0.140. The van der Waals surface area contributed by atoms with Crippen molar-refractivity contribution >= 4 is 5.97 Å². The predicted molar refractivity (Wildman–Crippen MR) is 82.0 cm³/mol. The average Bonchev–Trinajstić information content (AvgIpc) is 2.43. The standard InChI is InChI=1S/C17H28O2/c1-3-4-5-6-7-8-9-10-11-12-13-14-15-16-17(18)19-2/h4-5,7-8,10-11H,3,6,9,12-16H2,1-2H3. The van der Waals surface area contributed by atoms with Gasteiger partial charge in [0.05, 0.1) is 7.11 Å². The summed E-state index contributed by atoms with van der Waals surface area (Å²) >= 11 is 0. The van der Waals surface area contributed by atoms with Gasteiger partial charge in [-0.3, -0.25) is 4.79 Å². The van der Waals surface area contributed by atoms with Gasteiger partial charge in [-0.15, -0.1) is 0 Å². The van der Waals surface area contributed by atoms with Crippen LogP contribution in [0.2, 0.25) is 0 Å². The zero-order chi connectivity index (χ0) is 14.2. The number of carbonyl (C=O) groups excluding carboxylic acids is 1. The highest BCUT2D eigenvalue weighted by atomic mass is 16.5. The molecule has 0 spiro atoms. The molecule has 0 saturated carbocycles. The van der Waals surface area contributed by atoms with Crippen LogP contribution in [0, 0.1) is 0 Å². The van der Waals surface area contributed by atoms with E-state index in [4.69, 9.17) is 0 Å². The lowest BCUT2D eigenvalue weighted by atomic mass is 10.1. The first-order valence-corrected chi connectivity index (χ1v) is 7.33. The van der Waals surface area contributed by atoms with Crippen molar-refractivity contribution in [1.29, 1.82) is 0 Å². The maximum atomic E-state index is 10.9. The van der Waals surface area contributed by atoms with Crippen LogP contribution in [0.4, 0.5) is 0 Å². The van der Waals surface area contributed by atoms with Crippen LogP contribution < -0.4 is 0 Å². The topological polar surface area (TPSA) is 26.3 Å². The van der Waals surface area contributed by atoms with Crippen molar-refractivity contribution in [2.75, 3.05) is 7.11 Å². The maximum Gasteiger partial charge on any atom is 0.305 e. The van der Waals surface area contributed by atoms with E-state index >= 15 is 0 Å². The van der Waals surface area contributed by atoms with Gasteiger partial charge in [0.15, 0.2) is 0 Å².